The van der Waals surface area contributed by atoms with E-state index in [0.29, 0.717) is 24.9 Å². The van der Waals surface area contributed by atoms with Crippen molar-refractivity contribution in [2.24, 2.45) is 5.92 Å². The zero-order valence-corrected chi connectivity index (χ0v) is 13.8. The second kappa shape index (κ2) is 5.78. The predicted molar refractivity (Wildman–Crippen MR) is 89.8 cm³/mol. The highest BCUT2D eigenvalue weighted by molar-refractivity contribution is 5.99. The molecular formula is C18H20N4O2. The maximum Gasteiger partial charge on any atom is 0.226 e. The van der Waals surface area contributed by atoms with Crippen LogP contribution < -0.4 is 10.1 Å². The quantitative estimate of drug-likeness (QED) is 0.940. The number of aromatic nitrogens is 3. The molecule has 0 saturated heterocycles. The molecule has 0 unspecified atom stereocenters. The zero-order chi connectivity index (χ0) is 16.7. The summed E-state index contributed by atoms with van der Waals surface area (Å²) in [6, 6.07) is 7.63. The van der Waals surface area contributed by atoms with E-state index >= 15 is 0 Å². The molecule has 1 aliphatic heterocycles. The van der Waals surface area contributed by atoms with Crippen molar-refractivity contribution in [3.63, 3.8) is 0 Å². The van der Waals surface area contributed by atoms with Crippen molar-refractivity contribution >= 4 is 11.7 Å². The summed E-state index contributed by atoms with van der Waals surface area (Å²) in [5.74, 6) is 2.01. The summed E-state index contributed by atoms with van der Waals surface area (Å²) >= 11 is 0. The van der Waals surface area contributed by atoms with Crippen LogP contribution in [-0.2, 0) is 4.79 Å². The molecule has 0 fully saturated rings. The van der Waals surface area contributed by atoms with Crippen LogP contribution in [0.5, 0.6) is 5.75 Å². The molecule has 1 aliphatic carbocycles. The molecular weight excluding hydrogens is 304 g/mol. The van der Waals surface area contributed by atoms with Gasteiger partial charge < -0.3 is 10.1 Å². The van der Waals surface area contributed by atoms with E-state index in [2.05, 4.69) is 22.3 Å². The van der Waals surface area contributed by atoms with E-state index in [9.17, 15) is 4.79 Å². The SMILES string of the molecule is CCOc1cccc([C@H]2C3=C(C[C@H](C)CC3=O)Nc3ncnn32)c1. The minimum Gasteiger partial charge on any atom is -0.494 e. The van der Waals surface area contributed by atoms with Gasteiger partial charge in [0.2, 0.25) is 5.95 Å². The van der Waals surface area contributed by atoms with Gasteiger partial charge in [-0.25, -0.2) is 4.68 Å². The lowest BCUT2D eigenvalue weighted by Gasteiger charge is -2.34. The van der Waals surface area contributed by atoms with Gasteiger partial charge in [-0.15, -0.1) is 0 Å². The first-order valence-corrected chi connectivity index (χ1v) is 8.33. The van der Waals surface area contributed by atoms with Crippen LogP contribution in [0.25, 0.3) is 0 Å². The number of rotatable bonds is 3. The highest BCUT2D eigenvalue weighted by Crippen LogP contribution is 2.41. The maximum atomic E-state index is 12.8. The van der Waals surface area contributed by atoms with Crippen molar-refractivity contribution < 1.29 is 9.53 Å². The number of carbonyl (C=O) groups excluding carboxylic acids is 1. The molecule has 1 aromatic heterocycles. The third kappa shape index (κ3) is 2.38. The van der Waals surface area contributed by atoms with Crippen LogP contribution in [0.3, 0.4) is 0 Å². The number of anilines is 1. The second-order valence-electron chi connectivity index (χ2n) is 6.39. The Balaban J connectivity index is 1.85. The molecule has 6 nitrogen and oxygen atoms in total. The Kier molecular flexibility index (Phi) is 3.59. The van der Waals surface area contributed by atoms with Crippen LogP contribution in [0.15, 0.2) is 41.9 Å². The number of ketones is 1. The number of allylic oxidation sites excluding steroid dienone is 2. The molecule has 0 spiro atoms. The van der Waals surface area contributed by atoms with Gasteiger partial charge >= 0.3 is 0 Å². The first-order valence-electron chi connectivity index (χ1n) is 8.33. The fraction of sp³-hybridized carbons (Fsp3) is 0.389. The number of hydrogen-bond donors (Lipinski definition) is 1. The van der Waals surface area contributed by atoms with Crippen LogP contribution in [0.1, 0.15) is 38.3 Å². The molecule has 4 rings (SSSR count). The van der Waals surface area contributed by atoms with E-state index in [4.69, 9.17) is 4.74 Å². The number of carbonyl (C=O) groups is 1. The molecule has 1 aromatic carbocycles. The number of nitrogens with one attached hydrogen (secondary N) is 1. The van der Waals surface area contributed by atoms with E-state index in [1.807, 2.05) is 31.2 Å². The number of ether oxygens (including phenoxy) is 1. The minimum atomic E-state index is -0.251. The van der Waals surface area contributed by atoms with Gasteiger partial charge in [-0.2, -0.15) is 10.1 Å². The largest absolute Gasteiger partial charge is 0.494 e. The fourth-order valence-corrected chi connectivity index (χ4v) is 3.60. The van der Waals surface area contributed by atoms with Crippen LogP contribution in [0, 0.1) is 5.92 Å². The highest BCUT2D eigenvalue weighted by Gasteiger charge is 2.37. The highest BCUT2D eigenvalue weighted by atomic mass is 16.5. The van der Waals surface area contributed by atoms with Gasteiger partial charge in [0, 0.05) is 17.7 Å². The lowest BCUT2D eigenvalue weighted by Crippen LogP contribution is -2.33. The van der Waals surface area contributed by atoms with Crippen LogP contribution >= 0.6 is 0 Å². The van der Waals surface area contributed by atoms with Crippen molar-refractivity contribution in [2.75, 3.05) is 11.9 Å². The summed E-state index contributed by atoms with van der Waals surface area (Å²) in [5, 5.41) is 7.65. The summed E-state index contributed by atoms with van der Waals surface area (Å²) in [6.07, 6.45) is 2.95. The number of Topliss-reactive ketones (excluding diaryl/α,β-unsaturated/α-hetero) is 1. The van der Waals surface area contributed by atoms with E-state index in [-0.39, 0.29) is 11.8 Å². The molecule has 0 saturated carbocycles. The van der Waals surface area contributed by atoms with Crippen molar-refractivity contribution in [3.8, 4) is 5.75 Å². The van der Waals surface area contributed by atoms with E-state index in [1.54, 1.807) is 4.68 Å². The normalized spacial score (nSPS) is 22.7. The monoisotopic (exact) mass is 324 g/mol. The Morgan fingerprint density at radius 3 is 3.08 bits per heavy atom. The predicted octanol–water partition coefficient (Wildman–Crippen LogP) is 2.94. The van der Waals surface area contributed by atoms with Crippen molar-refractivity contribution in [3.05, 3.63) is 47.4 Å². The van der Waals surface area contributed by atoms with Gasteiger partial charge in [-0.05, 0) is 37.0 Å². The number of fused-ring (bicyclic) bond motifs is 1. The van der Waals surface area contributed by atoms with E-state index < -0.39 is 0 Å². The lowest BCUT2D eigenvalue weighted by atomic mass is 9.81. The summed E-state index contributed by atoms with van der Waals surface area (Å²) in [7, 11) is 0. The number of benzene rings is 1. The third-order valence-electron chi connectivity index (χ3n) is 4.55. The first kappa shape index (κ1) is 14.9. The van der Waals surface area contributed by atoms with Gasteiger partial charge in [0.05, 0.1) is 6.61 Å². The minimum absolute atomic E-state index is 0.184. The topological polar surface area (TPSA) is 69.0 Å². The molecule has 0 radical (unpaired) electrons. The average molecular weight is 324 g/mol. The van der Waals surface area contributed by atoms with Gasteiger partial charge in [0.25, 0.3) is 0 Å². The Morgan fingerprint density at radius 1 is 1.38 bits per heavy atom. The third-order valence-corrected chi connectivity index (χ3v) is 4.55. The molecule has 0 amide bonds. The molecule has 2 aromatic rings. The van der Waals surface area contributed by atoms with Gasteiger partial charge in [-0.1, -0.05) is 19.1 Å². The molecule has 2 aliphatic rings. The van der Waals surface area contributed by atoms with Crippen molar-refractivity contribution in [2.45, 2.75) is 32.7 Å². The molecule has 0 bridgehead atoms. The second-order valence-corrected chi connectivity index (χ2v) is 6.39. The smallest absolute Gasteiger partial charge is 0.226 e. The Hall–Kier alpha value is -2.63. The van der Waals surface area contributed by atoms with Crippen LogP contribution in [-0.4, -0.2) is 27.2 Å². The van der Waals surface area contributed by atoms with Crippen molar-refractivity contribution in [1.29, 1.82) is 0 Å². The fourth-order valence-electron chi connectivity index (χ4n) is 3.60. The summed E-state index contributed by atoms with van der Waals surface area (Å²) < 4.78 is 7.41. The maximum absolute atomic E-state index is 12.8. The Morgan fingerprint density at radius 2 is 2.25 bits per heavy atom. The van der Waals surface area contributed by atoms with E-state index in [1.165, 1.54) is 6.33 Å². The summed E-state index contributed by atoms with van der Waals surface area (Å²) in [6.45, 7) is 4.67. The molecule has 2 atom stereocenters. The van der Waals surface area contributed by atoms with E-state index in [0.717, 1.165) is 29.0 Å². The van der Waals surface area contributed by atoms with Gasteiger partial charge in [0.1, 0.15) is 18.1 Å². The number of nitrogens with zero attached hydrogens (tertiary/aromatic N) is 3. The molecule has 124 valence electrons. The van der Waals surface area contributed by atoms with Crippen LogP contribution in [0.4, 0.5) is 5.95 Å². The summed E-state index contributed by atoms with van der Waals surface area (Å²) in [5.41, 5.74) is 2.77. The van der Waals surface area contributed by atoms with Gasteiger partial charge in [0.15, 0.2) is 5.78 Å². The molecule has 24 heavy (non-hydrogen) atoms. The first-order chi connectivity index (χ1) is 11.7. The van der Waals surface area contributed by atoms with Crippen LogP contribution in [0.2, 0.25) is 0 Å². The average Bonchev–Trinajstić information content (AvgIpc) is 3.01. The summed E-state index contributed by atoms with van der Waals surface area (Å²) in [4.78, 5) is 17.1. The molecule has 1 N–H and O–H groups in total. The standard InChI is InChI=1S/C18H20N4O2/c1-3-24-13-6-4-5-12(9-13)17-16-14(7-11(2)8-15(16)23)21-18-19-10-20-22(17)18/h4-6,9-11,17H,3,7-8H2,1-2H3,(H,19,20,21)/t11-,17-/m0/s1. The Bertz CT molecular complexity index is 824. The Labute approximate surface area is 140 Å². The number of hydrogen-bond acceptors (Lipinski definition) is 5. The lowest BCUT2D eigenvalue weighted by molar-refractivity contribution is -0.117. The zero-order valence-electron chi connectivity index (χ0n) is 13.8. The molecule has 6 heteroatoms. The van der Waals surface area contributed by atoms with Crippen molar-refractivity contribution in [1.82, 2.24) is 14.8 Å². The molecule has 2 heterocycles. The van der Waals surface area contributed by atoms with Gasteiger partial charge in [-0.3, -0.25) is 4.79 Å².